The fraction of sp³-hybridized carbons (Fsp3) is 0.0952. The van der Waals surface area contributed by atoms with Crippen molar-refractivity contribution in [1.29, 1.82) is 4.78 Å². The van der Waals surface area contributed by atoms with E-state index in [1.54, 1.807) is 36.4 Å². The van der Waals surface area contributed by atoms with Gasteiger partial charge in [-0.15, -0.1) is 0 Å². The standard InChI is InChI=1S/C21H18FN3O2S/c22-16-5-1-12(2-6-16)13-3-7-17(18(23)10-13)20-11-15-9-14(21(24)26)4-8-19(15)28(20,25)27/h1-10,20,25H,11,23H2,(H2,24,26). The summed E-state index contributed by atoms with van der Waals surface area (Å²) >= 11 is 0. The first-order valence-electron chi connectivity index (χ1n) is 8.63. The van der Waals surface area contributed by atoms with Gasteiger partial charge in [-0.25, -0.2) is 13.4 Å². The summed E-state index contributed by atoms with van der Waals surface area (Å²) in [7, 11) is -3.13. The van der Waals surface area contributed by atoms with Crippen LogP contribution >= 0.6 is 0 Å². The summed E-state index contributed by atoms with van der Waals surface area (Å²) in [4.78, 5) is 11.8. The van der Waals surface area contributed by atoms with E-state index in [1.807, 2.05) is 6.07 Å². The first kappa shape index (κ1) is 18.2. The highest BCUT2D eigenvalue weighted by Gasteiger charge is 2.36. The van der Waals surface area contributed by atoms with Crippen LogP contribution in [0.3, 0.4) is 0 Å². The molecule has 142 valence electrons. The molecule has 5 nitrogen and oxygen atoms in total. The van der Waals surface area contributed by atoms with Gasteiger partial charge in [0.2, 0.25) is 5.91 Å². The molecule has 7 heteroatoms. The van der Waals surface area contributed by atoms with Crippen LogP contribution in [0.15, 0.2) is 65.6 Å². The highest BCUT2D eigenvalue weighted by atomic mass is 32.2. The van der Waals surface area contributed by atoms with Crippen molar-refractivity contribution in [3.8, 4) is 11.1 Å². The van der Waals surface area contributed by atoms with Gasteiger partial charge in [0.05, 0.1) is 19.9 Å². The Balaban J connectivity index is 1.73. The Bertz CT molecular complexity index is 1200. The molecule has 0 radical (unpaired) electrons. The van der Waals surface area contributed by atoms with Crippen LogP contribution in [-0.2, 0) is 16.1 Å². The number of nitrogen functional groups attached to an aromatic ring is 1. The van der Waals surface area contributed by atoms with E-state index in [9.17, 15) is 13.4 Å². The zero-order valence-corrected chi connectivity index (χ0v) is 15.6. The zero-order valence-electron chi connectivity index (χ0n) is 14.8. The number of halogens is 1. The van der Waals surface area contributed by atoms with Gasteiger partial charge in [0.15, 0.2) is 0 Å². The van der Waals surface area contributed by atoms with Gasteiger partial charge < -0.3 is 11.5 Å². The molecular formula is C21H18FN3O2S. The van der Waals surface area contributed by atoms with Crippen molar-refractivity contribution < 1.29 is 13.4 Å². The van der Waals surface area contributed by atoms with Gasteiger partial charge in [0, 0.05) is 11.3 Å². The molecule has 0 aromatic heterocycles. The number of nitrogens with one attached hydrogen (secondary N) is 1. The Morgan fingerprint density at radius 1 is 1.04 bits per heavy atom. The van der Waals surface area contributed by atoms with Crippen molar-refractivity contribution in [2.45, 2.75) is 16.6 Å². The third-order valence-corrected chi connectivity index (χ3v) is 7.36. The summed E-state index contributed by atoms with van der Waals surface area (Å²) in [5.74, 6) is -0.882. The Morgan fingerprint density at radius 3 is 2.36 bits per heavy atom. The van der Waals surface area contributed by atoms with E-state index in [2.05, 4.69) is 0 Å². The Morgan fingerprint density at radius 2 is 1.71 bits per heavy atom. The van der Waals surface area contributed by atoms with Crippen LogP contribution in [0, 0.1) is 10.6 Å². The second-order valence-corrected chi connectivity index (χ2v) is 9.04. The molecule has 0 bridgehead atoms. The van der Waals surface area contributed by atoms with Gasteiger partial charge in [-0.2, -0.15) is 0 Å². The van der Waals surface area contributed by atoms with Gasteiger partial charge in [-0.05, 0) is 65.1 Å². The lowest BCUT2D eigenvalue weighted by molar-refractivity contribution is 0.1000. The molecule has 1 aliphatic rings. The van der Waals surface area contributed by atoms with Gasteiger partial charge in [0.1, 0.15) is 5.82 Å². The van der Waals surface area contributed by atoms with Gasteiger partial charge in [-0.1, -0.05) is 24.3 Å². The van der Waals surface area contributed by atoms with E-state index >= 15 is 0 Å². The van der Waals surface area contributed by atoms with Crippen molar-refractivity contribution in [2.75, 3.05) is 5.73 Å². The second kappa shape index (κ2) is 6.45. The van der Waals surface area contributed by atoms with E-state index in [-0.39, 0.29) is 5.82 Å². The molecule has 3 aromatic rings. The SMILES string of the molecule is N=S1(=O)c2ccc(C(N)=O)cc2CC1c1ccc(-c2ccc(F)cc2)cc1N. The first-order valence-corrected chi connectivity index (χ1v) is 10.3. The number of carbonyl (C=O) groups is 1. The second-order valence-electron chi connectivity index (χ2n) is 6.83. The molecule has 28 heavy (non-hydrogen) atoms. The molecule has 0 spiro atoms. The van der Waals surface area contributed by atoms with Gasteiger partial charge in [0.25, 0.3) is 0 Å². The summed E-state index contributed by atoms with van der Waals surface area (Å²) in [6.07, 6.45) is 0.346. The average Bonchev–Trinajstić information content (AvgIpc) is 2.92. The van der Waals surface area contributed by atoms with Crippen molar-refractivity contribution >= 4 is 21.3 Å². The number of carbonyl (C=O) groups excluding carboxylic acids is 1. The predicted octanol–water partition coefficient (Wildman–Crippen LogP) is 3.88. The molecule has 0 aliphatic carbocycles. The molecular weight excluding hydrogens is 377 g/mol. The smallest absolute Gasteiger partial charge is 0.248 e. The zero-order chi connectivity index (χ0) is 20.1. The minimum absolute atomic E-state index is 0.318. The highest BCUT2D eigenvalue weighted by molar-refractivity contribution is 7.93. The predicted molar refractivity (Wildman–Crippen MR) is 107 cm³/mol. The molecule has 2 atom stereocenters. The monoisotopic (exact) mass is 395 g/mol. The van der Waals surface area contributed by atoms with E-state index in [4.69, 9.17) is 16.2 Å². The van der Waals surface area contributed by atoms with Gasteiger partial charge >= 0.3 is 0 Å². The third kappa shape index (κ3) is 2.93. The van der Waals surface area contributed by atoms with Gasteiger partial charge in [-0.3, -0.25) is 4.79 Å². The lowest BCUT2D eigenvalue weighted by Crippen LogP contribution is -2.11. The minimum atomic E-state index is -3.13. The normalized spacial score (nSPS) is 20.7. The average molecular weight is 395 g/mol. The lowest BCUT2D eigenvalue weighted by atomic mass is 9.98. The van der Waals surface area contributed by atoms with Crippen molar-refractivity contribution in [2.24, 2.45) is 5.73 Å². The summed E-state index contributed by atoms with van der Waals surface area (Å²) in [6, 6.07) is 16.1. The summed E-state index contributed by atoms with van der Waals surface area (Å²) in [5.41, 5.74) is 15.3. The molecule has 1 heterocycles. The largest absolute Gasteiger partial charge is 0.398 e. The molecule has 0 fully saturated rings. The number of fused-ring (bicyclic) bond motifs is 1. The van der Waals surface area contributed by atoms with Crippen LogP contribution in [-0.4, -0.2) is 10.1 Å². The summed E-state index contributed by atoms with van der Waals surface area (Å²) in [6.45, 7) is 0. The summed E-state index contributed by atoms with van der Waals surface area (Å²) in [5, 5.41) is -0.604. The number of primary amides is 1. The molecule has 2 unspecified atom stereocenters. The quantitative estimate of drug-likeness (QED) is 0.585. The maximum atomic E-state index is 13.2. The van der Waals surface area contributed by atoms with Crippen LogP contribution in [0.2, 0.25) is 0 Å². The number of hydrogen-bond donors (Lipinski definition) is 3. The molecule has 0 saturated heterocycles. The van der Waals surface area contributed by atoms with E-state index in [1.165, 1.54) is 18.2 Å². The van der Waals surface area contributed by atoms with Crippen molar-refractivity contribution in [3.05, 3.63) is 83.2 Å². The number of benzene rings is 3. The fourth-order valence-electron chi connectivity index (χ4n) is 3.64. The van der Waals surface area contributed by atoms with Crippen LogP contribution in [0.25, 0.3) is 11.1 Å². The maximum absolute atomic E-state index is 13.2. The Labute approximate surface area is 162 Å². The molecule has 0 saturated carbocycles. The molecule has 4 rings (SSSR count). The number of amides is 1. The van der Waals surface area contributed by atoms with Crippen LogP contribution in [0.5, 0.6) is 0 Å². The first-order chi connectivity index (χ1) is 13.3. The highest BCUT2D eigenvalue weighted by Crippen LogP contribution is 2.44. The number of rotatable bonds is 3. The third-order valence-electron chi connectivity index (χ3n) is 5.09. The Hall–Kier alpha value is -3.19. The molecule has 1 amide bonds. The van der Waals surface area contributed by atoms with E-state index < -0.39 is 20.9 Å². The molecule has 5 N–H and O–H groups in total. The van der Waals surface area contributed by atoms with E-state index in [0.717, 1.165) is 11.1 Å². The summed E-state index contributed by atoms with van der Waals surface area (Å²) < 4.78 is 34.8. The molecule has 3 aromatic carbocycles. The van der Waals surface area contributed by atoms with E-state index in [0.29, 0.717) is 33.7 Å². The number of anilines is 1. The molecule has 1 aliphatic heterocycles. The van der Waals surface area contributed by atoms with Crippen LogP contribution in [0.1, 0.15) is 26.7 Å². The minimum Gasteiger partial charge on any atom is -0.398 e. The lowest BCUT2D eigenvalue weighted by Gasteiger charge is -2.16. The Kier molecular flexibility index (Phi) is 4.19. The van der Waals surface area contributed by atoms with Crippen molar-refractivity contribution in [3.63, 3.8) is 0 Å². The number of nitrogens with two attached hydrogens (primary N) is 2. The van der Waals surface area contributed by atoms with Crippen LogP contribution < -0.4 is 11.5 Å². The number of hydrogen-bond acceptors (Lipinski definition) is 4. The van der Waals surface area contributed by atoms with Crippen LogP contribution in [0.4, 0.5) is 10.1 Å². The fourth-order valence-corrected chi connectivity index (χ4v) is 5.73. The maximum Gasteiger partial charge on any atom is 0.248 e. The topological polar surface area (TPSA) is 110 Å². The van der Waals surface area contributed by atoms with Crippen molar-refractivity contribution in [1.82, 2.24) is 0 Å².